The molecule has 0 aliphatic rings. The molecule has 458 valence electrons. The lowest BCUT2D eigenvalue weighted by Crippen LogP contribution is -2.74. The van der Waals surface area contributed by atoms with Gasteiger partial charge in [0.05, 0.1) is 22.1 Å². The topological polar surface area (TPSA) is 9.72 Å². The molecular formula is C90H68ClN3Si2. The van der Waals surface area contributed by atoms with Gasteiger partial charge in [0.15, 0.2) is 16.1 Å². The number of hydrogen-bond donors (Lipinski definition) is 0. The third-order valence-corrected chi connectivity index (χ3v) is 28.6. The molecule has 0 atom stereocenters. The van der Waals surface area contributed by atoms with Gasteiger partial charge in [-0.3, -0.25) is 0 Å². The summed E-state index contributed by atoms with van der Waals surface area (Å²) in [7, 11) is -5.85. The van der Waals surface area contributed by atoms with Crippen LogP contribution in [0, 0.1) is 0 Å². The Morgan fingerprint density at radius 1 is 0.167 bits per heavy atom. The number of benzene rings is 15. The van der Waals surface area contributed by atoms with Gasteiger partial charge in [0.2, 0.25) is 0 Å². The van der Waals surface area contributed by atoms with E-state index < -0.39 is 16.1 Å². The summed E-state index contributed by atoms with van der Waals surface area (Å²) in [5.74, 6) is 0. The Morgan fingerprint density at radius 3 is 0.604 bits per heavy atom. The molecule has 3 nitrogen and oxygen atoms in total. The maximum absolute atomic E-state index is 8.62. The van der Waals surface area contributed by atoms with E-state index in [9.17, 15) is 0 Å². The van der Waals surface area contributed by atoms with Crippen LogP contribution in [0.25, 0.3) is 22.3 Å². The normalized spacial score (nSPS) is 11.4. The van der Waals surface area contributed by atoms with Crippen LogP contribution in [0.3, 0.4) is 0 Å². The molecule has 0 saturated heterocycles. The van der Waals surface area contributed by atoms with Crippen LogP contribution in [-0.2, 0) is 0 Å². The van der Waals surface area contributed by atoms with Crippen LogP contribution < -0.4 is 56.2 Å². The van der Waals surface area contributed by atoms with Crippen molar-refractivity contribution in [2.45, 2.75) is 0 Å². The number of halogens is 1. The second kappa shape index (κ2) is 27.6. The van der Waals surface area contributed by atoms with Crippen LogP contribution in [0.2, 0.25) is 5.02 Å². The van der Waals surface area contributed by atoms with Crippen LogP contribution in [0.4, 0.5) is 51.2 Å². The van der Waals surface area contributed by atoms with Gasteiger partial charge >= 0.3 is 0 Å². The minimum Gasteiger partial charge on any atom is -0.310 e. The van der Waals surface area contributed by atoms with Gasteiger partial charge in [-0.2, -0.15) is 0 Å². The first-order chi connectivity index (χ1) is 47.6. The van der Waals surface area contributed by atoms with Crippen molar-refractivity contribution >= 4 is 120 Å². The highest BCUT2D eigenvalue weighted by Gasteiger charge is 2.43. The van der Waals surface area contributed by atoms with Crippen molar-refractivity contribution in [2.24, 2.45) is 0 Å². The molecule has 0 aliphatic carbocycles. The molecule has 0 saturated carbocycles. The smallest absolute Gasteiger partial charge is 0.179 e. The zero-order valence-corrected chi connectivity index (χ0v) is 55.7. The number of nitrogens with zero attached hydrogens (tertiary/aromatic N) is 3. The zero-order valence-electron chi connectivity index (χ0n) is 53.0. The first-order valence-corrected chi connectivity index (χ1v) is 37.1. The first kappa shape index (κ1) is 60.7. The van der Waals surface area contributed by atoms with Crippen molar-refractivity contribution in [1.29, 1.82) is 0 Å². The average molecular weight is 1280 g/mol. The lowest BCUT2D eigenvalue weighted by Gasteiger charge is -2.36. The fraction of sp³-hybridized carbons (Fsp3) is 0. The molecule has 0 fully saturated rings. The monoisotopic (exact) mass is 1280 g/mol. The van der Waals surface area contributed by atoms with E-state index in [2.05, 4.69) is 427 Å². The van der Waals surface area contributed by atoms with E-state index in [1.54, 1.807) is 0 Å². The van der Waals surface area contributed by atoms with Crippen molar-refractivity contribution in [3.8, 4) is 22.3 Å². The molecule has 0 unspecified atom stereocenters. The van der Waals surface area contributed by atoms with Gasteiger partial charge in [0.1, 0.15) is 0 Å². The van der Waals surface area contributed by atoms with Gasteiger partial charge in [0, 0.05) is 34.1 Å². The molecule has 6 heteroatoms. The molecule has 0 aliphatic heterocycles. The minimum atomic E-state index is -2.93. The van der Waals surface area contributed by atoms with E-state index in [4.69, 9.17) is 11.6 Å². The van der Waals surface area contributed by atoms with E-state index >= 15 is 0 Å². The SMILES string of the molecule is Clc1c(N(c2ccc(-c3ccccc3)cc2)c2ccc([Si](c3ccccc3)(c3ccccc3)c3ccccc3)cc2)cc(N(c2ccccc2)c2ccccc2)cc1N(c1ccc(-c2ccccc2)cc1)c1ccc([Si](c2ccccc2)(c2ccccc2)c2ccccc2)cc1. The molecule has 0 aromatic heterocycles. The van der Waals surface area contributed by atoms with Gasteiger partial charge in [-0.25, -0.2) is 0 Å². The quantitative estimate of drug-likeness (QED) is 0.0590. The van der Waals surface area contributed by atoms with E-state index in [1.165, 1.54) is 41.5 Å². The maximum atomic E-state index is 8.62. The Kier molecular flexibility index (Phi) is 17.4. The molecule has 15 rings (SSSR count). The molecule has 0 N–H and O–H groups in total. The largest absolute Gasteiger partial charge is 0.310 e. The first-order valence-electron chi connectivity index (χ1n) is 32.7. The van der Waals surface area contributed by atoms with Gasteiger partial charge in [-0.15, -0.1) is 0 Å². The lowest BCUT2D eigenvalue weighted by molar-refractivity contribution is 1.22. The highest BCUT2D eigenvalue weighted by atomic mass is 35.5. The van der Waals surface area contributed by atoms with Crippen molar-refractivity contribution in [3.63, 3.8) is 0 Å². The van der Waals surface area contributed by atoms with Crippen molar-refractivity contribution in [1.82, 2.24) is 0 Å². The molecule has 96 heavy (non-hydrogen) atoms. The van der Waals surface area contributed by atoms with Crippen molar-refractivity contribution < 1.29 is 0 Å². The Morgan fingerprint density at radius 2 is 0.354 bits per heavy atom. The summed E-state index contributed by atoms with van der Waals surface area (Å²) in [6.07, 6.45) is 0. The summed E-state index contributed by atoms with van der Waals surface area (Å²) in [5, 5.41) is 11.0. The van der Waals surface area contributed by atoms with E-state index in [1.807, 2.05) is 0 Å². The molecule has 0 heterocycles. The molecular weight excluding hydrogens is 1210 g/mol. The van der Waals surface area contributed by atoms with Crippen LogP contribution >= 0.6 is 11.6 Å². The highest BCUT2D eigenvalue weighted by molar-refractivity contribution is 7.20. The summed E-state index contributed by atoms with van der Waals surface area (Å²) in [4.78, 5) is 7.07. The van der Waals surface area contributed by atoms with Crippen molar-refractivity contribution in [3.05, 3.63) is 418 Å². The fourth-order valence-corrected chi connectivity index (χ4v) is 24.0. The Balaban J connectivity index is 0.993. The second-order valence-corrected chi connectivity index (χ2v) is 32.1. The van der Waals surface area contributed by atoms with E-state index in [0.717, 1.165) is 73.4 Å². The molecule has 0 radical (unpaired) electrons. The van der Waals surface area contributed by atoms with Crippen LogP contribution in [0.15, 0.2) is 413 Å². The van der Waals surface area contributed by atoms with Gasteiger partial charge in [-0.05, 0) is 149 Å². The molecule has 15 aromatic carbocycles. The van der Waals surface area contributed by atoms with E-state index in [0.29, 0.717) is 5.02 Å². The Hall–Kier alpha value is -11.6. The molecule has 0 amide bonds. The summed E-state index contributed by atoms with van der Waals surface area (Å²) in [6, 6.07) is 151. The molecule has 0 bridgehead atoms. The van der Waals surface area contributed by atoms with Crippen LogP contribution in [-0.4, -0.2) is 16.1 Å². The number of hydrogen-bond acceptors (Lipinski definition) is 3. The van der Waals surface area contributed by atoms with Gasteiger partial charge in [-0.1, -0.05) is 339 Å². The lowest BCUT2D eigenvalue weighted by atomic mass is 10.0. The summed E-state index contributed by atoms with van der Waals surface area (Å²) in [6.45, 7) is 0. The predicted octanol–water partition coefficient (Wildman–Crippen LogP) is 18.8. The number of para-hydroxylation sites is 2. The fourth-order valence-electron chi connectivity index (χ4n) is 14.2. The predicted molar refractivity (Wildman–Crippen MR) is 414 cm³/mol. The van der Waals surface area contributed by atoms with Crippen LogP contribution in [0.5, 0.6) is 0 Å². The molecule has 15 aromatic rings. The molecule has 0 spiro atoms. The Labute approximate surface area is 571 Å². The third kappa shape index (κ3) is 11.7. The summed E-state index contributed by atoms with van der Waals surface area (Å²) < 4.78 is 0. The van der Waals surface area contributed by atoms with E-state index in [-0.39, 0.29) is 0 Å². The number of rotatable bonds is 19. The third-order valence-electron chi connectivity index (χ3n) is 18.6. The zero-order chi connectivity index (χ0) is 64.5. The average Bonchev–Trinajstić information content (AvgIpc) is 0.754. The summed E-state index contributed by atoms with van der Waals surface area (Å²) in [5.41, 5.74) is 12.8. The maximum Gasteiger partial charge on any atom is 0.179 e. The standard InChI is InChI=1S/C90H68ClN3Si2/c91-90-88(93(75-55-51-71(52-56-75)69-31-11-1-12-32-69)77-59-63-86(64-60-77)95(80-39-19-5-20-40-80,81-41-21-6-22-42-81)82-43-23-7-24-44-82)67-79(92(73-35-15-3-16-36-73)74-37-17-4-18-38-74)68-89(90)94(76-57-53-72(54-58-76)70-33-13-2-14-34-70)78-61-65-87(66-62-78)96(83-45-25-8-26-46-83,84-47-27-9-28-48-84)85-49-29-10-30-50-85/h1-68H. The Bertz CT molecular complexity index is 4480. The van der Waals surface area contributed by atoms with Crippen LogP contribution in [0.1, 0.15) is 0 Å². The van der Waals surface area contributed by atoms with Gasteiger partial charge < -0.3 is 14.7 Å². The second-order valence-electron chi connectivity index (χ2n) is 24.1. The summed E-state index contributed by atoms with van der Waals surface area (Å²) >= 11 is 8.62. The van der Waals surface area contributed by atoms with Gasteiger partial charge in [0.25, 0.3) is 0 Å². The highest BCUT2D eigenvalue weighted by Crippen LogP contribution is 2.51. The minimum absolute atomic E-state index is 0.565. The van der Waals surface area contributed by atoms with Crippen molar-refractivity contribution in [2.75, 3.05) is 14.7 Å². The number of anilines is 9.